The Hall–Kier alpha value is -2.84. The molecule has 27 heavy (non-hydrogen) atoms. The minimum atomic E-state index is -0.736. The van der Waals surface area contributed by atoms with E-state index in [0.717, 1.165) is 10.7 Å². The van der Waals surface area contributed by atoms with E-state index in [1.54, 1.807) is 48.5 Å². The zero-order chi connectivity index (χ0) is 19.2. The van der Waals surface area contributed by atoms with Crippen molar-refractivity contribution < 1.29 is 13.9 Å². The molecule has 3 aromatic rings. The van der Waals surface area contributed by atoms with E-state index in [4.69, 9.17) is 16.3 Å². The standard InChI is InChI=1S/C18H11BrClFN4O2/c19-13-6-4-12(5-7-13)16(26)25-23-9-11-2-1-3-14(8-11)27-17-15(21)10-22-18(20)24-17/h1-10H,(H,25,26)/b23-9-. The smallest absolute Gasteiger partial charge is 0.271 e. The van der Waals surface area contributed by atoms with Crippen LogP contribution in [-0.4, -0.2) is 22.1 Å². The summed E-state index contributed by atoms with van der Waals surface area (Å²) in [6.07, 6.45) is 2.36. The van der Waals surface area contributed by atoms with Gasteiger partial charge in [-0.2, -0.15) is 14.5 Å². The predicted octanol–water partition coefficient (Wildman–Crippen LogP) is 4.59. The molecule has 0 saturated carbocycles. The Morgan fingerprint density at radius 2 is 2.04 bits per heavy atom. The fraction of sp³-hybridized carbons (Fsp3) is 0. The van der Waals surface area contributed by atoms with Crippen molar-refractivity contribution in [1.82, 2.24) is 15.4 Å². The number of hydrogen-bond donors (Lipinski definition) is 1. The summed E-state index contributed by atoms with van der Waals surface area (Å²) in [5.41, 5.74) is 3.53. The molecule has 0 aliphatic rings. The molecule has 2 aromatic carbocycles. The second kappa shape index (κ2) is 8.70. The van der Waals surface area contributed by atoms with Crippen molar-refractivity contribution in [3.8, 4) is 11.6 Å². The fourth-order valence-electron chi connectivity index (χ4n) is 2.00. The average Bonchev–Trinajstić information content (AvgIpc) is 2.65. The average molecular weight is 450 g/mol. The van der Waals surface area contributed by atoms with Gasteiger partial charge in [0.25, 0.3) is 11.8 Å². The first-order valence-electron chi connectivity index (χ1n) is 7.56. The molecular formula is C18H11BrClFN4O2. The van der Waals surface area contributed by atoms with Gasteiger partial charge in [0, 0.05) is 10.0 Å². The lowest BCUT2D eigenvalue weighted by Crippen LogP contribution is -2.17. The maximum absolute atomic E-state index is 13.6. The van der Waals surface area contributed by atoms with E-state index in [0.29, 0.717) is 16.9 Å². The van der Waals surface area contributed by atoms with Crippen LogP contribution in [0.25, 0.3) is 0 Å². The van der Waals surface area contributed by atoms with Crippen molar-refractivity contribution in [3.05, 3.63) is 81.4 Å². The van der Waals surface area contributed by atoms with E-state index in [2.05, 4.69) is 36.4 Å². The molecule has 0 radical (unpaired) electrons. The molecule has 0 aliphatic heterocycles. The van der Waals surface area contributed by atoms with E-state index >= 15 is 0 Å². The molecule has 9 heteroatoms. The van der Waals surface area contributed by atoms with E-state index in [1.165, 1.54) is 6.21 Å². The number of benzene rings is 2. The van der Waals surface area contributed by atoms with Crippen LogP contribution in [0.4, 0.5) is 4.39 Å². The number of aromatic nitrogens is 2. The summed E-state index contributed by atoms with van der Waals surface area (Å²) in [6, 6.07) is 13.5. The summed E-state index contributed by atoms with van der Waals surface area (Å²) in [4.78, 5) is 19.2. The van der Waals surface area contributed by atoms with Crippen LogP contribution in [0.15, 0.2) is 64.3 Å². The van der Waals surface area contributed by atoms with Crippen molar-refractivity contribution in [2.45, 2.75) is 0 Å². The van der Waals surface area contributed by atoms with Gasteiger partial charge in [-0.15, -0.1) is 0 Å². The molecular weight excluding hydrogens is 439 g/mol. The van der Waals surface area contributed by atoms with Crippen LogP contribution in [0.5, 0.6) is 11.6 Å². The minimum Gasteiger partial charge on any atom is -0.436 e. The lowest BCUT2D eigenvalue weighted by Gasteiger charge is -2.06. The molecule has 0 spiro atoms. The summed E-state index contributed by atoms with van der Waals surface area (Å²) >= 11 is 8.94. The molecule has 0 atom stereocenters. The summed E-state index contributed by atoms with van der Waals surface area (Å²) < 4.78 is 19.9. The van der Waals surface area contributed by atoms with E-state index in [-0.39, 0.29) is 17.1 Å². The van der Waals surface area contributed by atoms with Gasteiger partial charge in [-0.3, -0.25) is 4.79 Å². The number of ether oxygens (including phenoxy) is 1. The van der Waals surface area contributed by atoms with Gasteiger partial charge in [0.05, 0.1) is 12.4 Å². The first-order chi connectivity index (χ1) is 13.0. The Labute approximate surface area is 167 Å². The third-order valence-corrected chi connectivity index (χ3v) is 3.95. The highest BCUT2D eigenvalue weighted by Crippen LogP contribution is 2.23. The quantitative estimate of drug-likeness (QED) is 0.351. The first kappa shape index (κ1) is 18.9. The van der Waals surface area contributed by atoms with Crippen LogP contribution in [0.1, 0.15) is 15.9 Å². The highest BCUT2D eigenvalue weighted by Gasteiger charge is 2.09. The van der Waals surface area contributed by atoms with Gasteiger partial charge in [-0.05, 0) is 53.6 Å². The van der Waals surface area contributed by atoms with E-state index < -0.39 is 5.82 Å². The van der Waals surface area contributed by atoms with Crippen LogP contribution < -0.4 is 10.2 Å². The molecule has 6 nitrogen and oxygen atoms in total. The van der Waals surface area contributed by atoms with Crippen LogP contribution in [0.3, 0.4) is 0 Å². The Morgan fingerprint density at radius 3 is 2.81 bits per heavy atom. The molecule has 136 valence electrons. The lowest BCUT2D eigenvalue weighted by molar-refractivity contribution is 0.0955. The van der Waals surface area contributed by atoms with Crippen molar-refractivity contribution in [2.75, 3.05) is 0 Å². The molecule has 0 fully saturated rings. The predicted molar refractivity (Wildman–Crippen MR) is 103 cm³/mol. The lowest BCUT2D eigenvalue weighted by atomic mass is 10.2. The van der Waals surface area contributed by atoms with Gasteiger partial charge in [-0.25, -0.2) is 10.4 Å². The van der Waals surface area contributed by atoms with Crippen molar-refractivity contribution in [3.63, 3.8) is 0 Å². The SMILES string of the molecule is O=C(N/N=C\c1cccc(Oc2nc(Cl)ncc2F)c1)c1ccc(Br)cc1. The molecule has 1 amide bonds. The molecule has 1 heterocycles. The number of hydrazone groups is 1. The number of halogens is 3. The topological polar surface area (TPSA) is 76.5 Å². The summed E-state index contributed by atoms with van der Waals surface area (Å²) in [6.45, 7) is 0. The largest absolute Gasteiger partial charge is 0.436 e. The third kappa shape index (κ3) is 5.32. The van der Waals surface area contributed by atoms with Crippen molar-refractivity contribution in [1.29, 1.82) is 0 Å². The van der Waals surface area contributed by atoms with Gasteiger partial charge in [0.2, 0.25) is 11.1 Å². The second-order valence-corrected chi connectivity index (χ2v) is 6.43. The molecule has 0 saturated heterocycles. The number of rotatable bonds is 5. The number of carbonyl (C=O) groups is 1. The number of carbonyl (C=O) groups excluding carboxylic acids is 1. The second-order valence-electron chi connectivity index (χ2n) is 5.17. The minimum absolute atomic E-state index is 0.125. The zero-order valence-electron chi connectivity index (χ0n) is 13.6. The highest BCUT2D eigenvalue weighted by molar-refractivity contribution is 9.10. The Morgan fingerprint density at radius 1 is 1.26 bits per heavy atom. The number of hydrogen-bond acceptors (Lipinski definition) is 5. The molecule has 3 rings (SSSR count). The molecule has 0 aliphatic carbocycles. The van der Waals surface area contributed by atoms with Gasteiger partial charge >= 0.3 is 0 Å². The Bertz CT molecular complexity index is 999. The number of nitrogens with zero attached hydrogens (tertiary/aromatic N) is 3. The van der Waals surface area contributed by atoms with Crippen LogP contribution in [0, 0.1) is 5.82 Å². The summed E-state index contributed by atoms with van der Waals surface area (Å²) in [5, 5.41) is 3.78. The number of amides is 1. The van der Waals surface area contributed by atoms with Gasteiger partial charge in [-0.1, -0.05) is 28.1 Å². The van der Waals surface area contributed by atoms with Gasteiger partial charge < -0.3 is 4.74 Å². The van der Waals surface area contributed by atoms with Crippen LogP contribution in [-0.2, 0) is 0 Å². The monoisotopic (exact) mass is 448 g/mol. The number of nitrogens with one attached hydrogen (secondary N) is 1. The summed E-state index contributed by atoms with van der Waals surface area (Å²) in [7, 11) is 0. The van der Waals surface area contributed by atoms with Crippen molar-refractivity contribution >= 4 is 39.7 Å². The molecule has 0 bridgehead atoms. The van der Waals surface area contributed by atoms with Crippen LogP contribution >= 0.6 is 27.5 Å². The van der Waals surface area contributed by atoms with Crippen LogP contribution in [0.2, 0.25) is 5.28 Å². The first-order valence-corrected chi connectivity index (χ1v) is 8.73. The normalized spacial score (nSPS) is 10.8. The van der Waals surface area contributed by atoms with Gasteiger partial charge in [0.1, 0.15) is 5.75 Å². The molecule has 0 unspecified atom stereocenters. The Balaban J connectivity index is 1.66. The maximum atomic E-state index is 13.6. The van der Waals surface area contributed by atoms with Gasteiger partial charge in [0.15, 0.2) is 0 Å². The van der Waals surface area contributed by atoms with E-state index in [1.807, 2.05) is 0 Å². The third-order valence-electron chi connectivity index (χ3n) is 3.24. The molecule has 1 aromatic heterocycles. The zero-order valence-corrected chi connectivity index (χ0v) is 15.9. The van der Waals surface area contributed by atoms with Crippen molar-refractivity contribution in [2.24, 2.45) is 5.10 Å². The summed E-state index contributed by atoms with van der Waals surface area (Å²) in [5.74, 6) is -1.04. The fourth-order valence-corrected chi connectivity index (χ4v) is 2.39. The maximum Gasteiger partial charge on any atom is 0.271 e. The Kier molecular flexibility index (Phi) is 6.10. The molecule has 1 N–H and O–H groups in total. The highest BCUT2D eigenvalue weighted by atomic mass is 79.9. The van der Waals surface area contributed by atoms with E-state index in [9.17, 15) is 9.18 Å².